The standard InChI is InChI=1S/C21H24N2O4S/c1-4-16-14-28-21(22-15-5-7-17(25-2)8-6-15)23(16)20(24)13-27-19-11-9-18(26-3)10-12-19/h5-12,16H,4,13-14H2,1-3H3/t16-/m1/s1. The number of benzene rings is 2. The van der Waals surface area contributed by atoms with Gasteiger partial charge in [0, 0.05) is 11.8 Å². The van der Waals surface area contributed by atoms with Crippen LogP contribution >= 0.6 is 11.8 Å². The number of amidine groups is 1. The van der Waals surface area contributed by atoms with E-state index < -0.39 is 0 Å². The lowest BCUT2D eigenvalue weighted by molar-refractivity contribution is -0.130. The van der Waals surface area contributed by atoms with Crippen LogP contribution in [-0.4, -0.2) is 48.6 Å². The fourth-order valence-electron chi connectivity index (χ4n) is 2.82. The highest BCUT2D eigenvalue weighted by molar-refractivity contribution is 8.14. The molecule has 1 heterocycles. The van der Waals surface area contributed by atoms with Crippen molar-refractivity contribution in [1.82, 2.24) is 4.90 Å². The Balaban J connectivity index is 1.71. The van der Waals surface area contributed by atoms with Crippen molar-refractivity contribution in [3.8, 4) is 17.2 Å². The third kappa shape index (κ3) is 4.78. The number of carbonyl (C=O) groups is 1. The zero-order valence-electron chi connectivity index (χ0n) is 16.3. The Morgan fingerprint density at radius 3 is 2.18 bits per heavy atom. The van der Waals surface area contributed by atoms with E-state index in [2.05, 4.69) is 11.9 Å². The first-order valence-corrected chi connectivity index (χ1v) is 10.1. The van der Waals surface area contributed by atoms with Gasteiger partial charge < -0.3 is 14.2 Å². The molecule has 1 aliphatic rings. The molecule has 0 spiro atoms. The number of methoxy groups -OCH3 is 2. The average molecular weight is 401 g/mol. The number of ether oxygens (including phenoxy) is 3. The molecule has 1 amide bonds. The van der Waals surface area contributed by atoms with Gasteiger partial charge in [-0.1, -0.05) is 18.7 Å². The van der Waals surface area contributed by atoms with E-state index >= 15 is 0 Å². The van der Waals surface area contributed by atoms with Gasteiger partial charge in [-0.25, -0.2) is 4.99 Å². The van der Waals surface area contributed by atoms with Crippen LogP contribution in [0, 0.1) is 0 Å². The molecule has 2 aromatic rings. The third-order valence-electron chi connectivity index (χ3n) is 4.43. The summed E-state index contributed by atoms with van der Waals surface area (Å²) in [4.78, 5) is 19.3. The number of thioether (sulfide) groups is 1. The molecular formula is C21H24N2O4S. The summed E-state index contributed by atoms with van der Waals surface area (Å²) >= 11 is 1.59. The molecule has 0 unspecified atom stereocenters. The Hall–Kier alpha value is -2.67. The number of aliphatic imine (C=N–C) groups is 1. The molecule has 1 atom stereocenters. The first-order chi connectivity index (χ1) is 13.6. The zero-order valence-corrected chi connectivity index (χ0v) is 17.1. The second-order valence-corrected chi connectivity index (χ2v) is 7.18. The molecule has 0 N–H and O–H groups in total. The minimum absolute atomic E-state index is 0.0367. The van der Waals surface area contributed by atoms with E-state index in [-0.39, 0.29) is 18.6 Å². The second kappa shape index (κ2) is 9.50. The Morgan fingerprint density at radius 1 is 1.04 bits per heavy atom. The van der Waals surface area contributed by atoms with Crippen molar-refractivity contribution in [2.45, 2.75) is 19.4 Å². The number of nitrogens with zero attached hydrogens (tertiary/aromatic N) is 2. The van der Waals surface area contributed by atoms with Crippen molar-refractivity contribution in [3.05, 3.63) is 48.5 Å². The van der Waals surface area contributed by atoms with Crippen LogP contribution in [0.1, 0.15) is 13.3 Å². The molecule has 1 aliphatic heterocycles. The van der Waals surface area contributed by atoms with Gasteiger partial charge in [-0.15, -0.1) is 0 Å². The topological polar surface area (TPSA) is 60.4 Å². The first kappa shape index (κ1) is 20.1. The predicted molar refractivity (Wildman–Crippen MR) is 112 cm³/mol. The summed E-state index contributed by atoms with van der Waals surface area (Å²) in [5.74, 6) is 2.88. The van der Waals surface area contributed by atoms with E-state index in [0.717, 1.165) is 29.4 Å². The molecule has 0 aliphatic carbocycles. The van der Waals surface area contributed by atoms with Crippen LogP contribution in [-0.2, 0) is 4.79 Å². The summed E-state index contributed by atoms with van der Waals surface area (Å²) in [6.45, 7) is 2.04. The van der Waals surface area contributed by atoms with Crippen molar-refractivity contribution in [2.24, 2.45) is 4.99 Å². The summed E-state index contributed by atoms with van der Waals surface area (Å²) in [5.41, 5.74) is 0.786. The smallest absolute Gasteiger partial charge is 0.266 e. The van der Waals surface area contributed by atoms with E-state index in [0.29, 0.717) is 10.9 Å². The monoisotopic (exact) mass is 400 g/mol. The Kier molecular flexibility index (Phi) is 6.81. The van der Waals surface area contributed by atoms with Crippen LogP contribution in [0.4, 0.5) is 5.69 Å². The highest BCUT2D eigenvalue weighted by Gasteiger charge is 2.34. The SMILES string of the molecule is CC[C@@H]1CSC(=Nc2ccc(OC)cc2)N1C(=O)COc1ccc(OC)cc1. The maximum atomic E-state index is 12.9. The number of amides is 1. The Labute approximate surface area is 169 Å². The number of rotatable bonds is 7. The normalized spacial score (nSPS) is 17.6. The molecule has 1 fully saturated rings. The van der Waals surface area contributed by atoms with E-state index in [1.807, 2.05) is 24.3 Å². The molecule has 0 radical (unpaired) electrons. The molecule has 148 valence electrons. The van der Waals surface area contributed by atoms with Crippen LogP contribution in [0.2, 0.25) is 0 Å². The van der Waals surface area contributed by atoms with Gasteiger partial charge in [-0.05, 0) is 55.0 Å². The lowest BCUT2D eigenvalue weighted by Gasteiger charge is -2.23. The summed E-state index contributed by atoms with van der Waals surface area (Å²) in [5, 5.41) is 0.709. The van der Waals surface area contributed by atoms with Crippen molar-refractivity contribution in [1.29, 1.82) is 0 Å². The molecular weight excluding hydrogens is 376 g/mol. The highest BCUT2D eigenvalue weighted by atomic mass is 32.2. The van der Waals surface area contributed by atoms with Gasteiger partial charge >= 0.3 is 0 Å². The van der Waals surface area contributed by atoms with Gasteiger partial charge in [0.05, 0.1) is 19.9 Å². The van der Waals surface area contributed by atoms with Crippen molar-refractivity contribution in [2.75, 3.05) is 26.6 Å². The van der Waals surface area contributed by atoms with Crippen molar-refractivity contribution in [3.63, 3.8) is 0 Å². The molecule has 6 nitrogen and oxygen atoms in total. The Bertz CT molecular complexity index is 821. The summed E-state index contributed by atoms with van der Waals surface area (Å²) < 4.78 is 16.0. The van der Waals surface area contributed by atoms with Gasteiger partial charge in [0.15, 0.2) is 11.8 Å². The summed E-state index contributed by atoms with van der Waals surface area (Å²) in [7, 11) is 3.24. The summed E-state index contributed by atoms with van der Waals surface area (Å²) in [6.07, 6.45) is 0.864. The van der Waals surface area contributed by atoms with E-state index in [1.165, 1.54) is 0 Å². The second-order valence-electron chi connectivity index (χ2n) is 6.19. The van der Waals surface area contributed by atoms with Crippen molar-refractivity contribution >= 4 is 28.5 Å². The Morgan fingerprint density at radius 2 is 1.61 bits per heavy atom. The average Bonchev–Trinajstić information content (AvgIpc) is 3.15. The molecule has 3 rings (SSSR count). The number of hydrogen-bond donors (Lipinski definition) is 0. The summed E-state index contributed by atoms with van der Waals surface area (Å²) in [6, 6.07) is 14.8. The number of hydrogen-bond acceptors (Lipinski definition) is 6. The van der Waals surface area contributed by atoms with Gasteiger partial charge in [-0.3, -0.25) is 9.69 Å². The van der Waals surface area contributed by atoms with Crippen LogP contribution in [0.15, 0.2) is 53.5 Å². The molecule has 28 heavy (non-hydrogen) atoms. The quantitative estimate of drug-likeness (QED) is 0.700. The van der Waals surface area contributed by atoms with E-state index in [1.54, 1.807) is 55.1 Å². The predicted octanol–water partition coefficient (Wildman–Crippen LogP) is 4.12. The largest absolute Gasteiger partial charge is 0.497 e. The maximum absolute atomic E-state index is 12.9. The lowest BCUT2D eigenvalue weighted by atomic mass is 10.2. The molecule has 2 aromatic carbocycles. The minimum Gasteiger partial charge on any atom is -0.497 e. The van der Waals surface area contributed by atoms with Gasteiger partial charge in [-0.2, -0.15) is 0 Å². The first-order valence-electron chi connectivity index (χ1n) is 9.09. The van der Waals surface area contributed by atoms with Crippen LogP contribution in [0.25, 0.3) is 0 Å². The molecule has 7 heteroatoms. The van der Waals surface area contributed by atoms with Crippen LogP contribution < -0.4 is 14.2 Å². The van der Waals surface area contributed by atoms with Crippen LogP contribution in [0.3, 0.4) is 0 Å². The molecule has 0 bridgehead atoms. The van der Waals surface area contributed by atoms with Crippen molar-refractivity contribution < 1.29 is 19.0 Å². The van der Waals surface area contributed by atoms with E-state index in [4.69, 9.17) is 14.2 Å². The lowest BCUT2D eigenvalue weighted by Crippen LogP contribution is -2.41. The highest BCUT2D eigenvalue weighted by Crippen LogP contribution is 2.29. The minimum atomic E-state index is -0.0973. The number of carbonyl (C=O) groups excluding carboxylic acids is 1. The molecule has 0 saturated carbocycles. The van der Waals surface area contributed by atoms with Crippen LogP contribution in [0.5, 0.6) is 17.2 Å². The molecule has 0 aromatic heterocycles. The van der Waals surface area contributed by atoms with E-state index in [9.17, 15) is 4.79 Å². The van der Waals surface area contributed by atoms with Gasteiger partial charge in [0.2, 0.25) is 0 Å². The van der Waals surface area contributed by atoms with Gasteiger partial charge in [0.25, 0.3) is 5.91 Å². The molecule has 1 saturated heterocycles. The fraction of sp³-hybridized carbons (Fsp3) is 0.333. The zero-order chi connectivity index (χ0) is 19.9. The third-order valence-corrected chi connectivity index (χ3v) is 5.53. The van der Waals surface area contributed by atoms with Gasteiger partial charge in [0.1, 0.15) is 17.2 Å². The fourth-order valence-corrected chi connectivity index (χ4v) is 4.11. The maximum Gasteiger partial charge on any atom is 0.266 e.